The van der Waals surface area contributed by atoms with Crippen LogP contribution < -0.4 is 5.73 Å². The van der Waals surface area contributed by atoms with Crippen molar-refractivity contribution in [3.8, 4) is 0 Å². The Balaban J connectivity index is 2.32. The van der Waals surface area contributed by atoms with Crippen LogP contribution in [0.15, 0.2) is 36.7 Å². The smallest absolute Gasteiger partial charge is 0.327 e. The van der Waals surface area contributed by atoms with Crippen LogP contribution in [0, 0.1) is 0 Å². The van der Waals surface area contributed by atoms with Gasteiger partial charge in [0.05, 0.1) is 6.61 Å². The van der Waals surface area contributed by atoms with Crippen molar-refractivity contribution in [3.05, 3.63) is 42.2 Å². The van der Waals surface area contributed by atoms with E-state index in [1.54, 1.807) is 19.3 Å². The fraction of sp³-hybridized carbons (Fsp3) is 0.231. The summed E-state index contributed by atoms with van der Waals surface area (Å²) in [5.41, 5.74) is 6.58. The molecule has 0 saturated heterocycles. The Morgan fingerprint density at radius 2 is 2.24 bits per heavy atom. The molecular weight excluding hydrogens is 216 g/mol. The quantitative estimate of drug-likeness (QED) is 0.816. The molecular formula is C13H14N2O2. The molecule has 0 aliphatic heterocycles. The maximum absolute atomic E-state index is 11.5. The third kappa shape index (κ3) is 2.42. The molecule has 4 nitrogen and oxygen atoms in total. The number of carbonyl (C=O) groups excluding carboxylic acids is 1. The minimum atomic E-state index is -0.729. The molecule has 0 amide bonds. The number of aromatic nitrogens is 1. The molecule has 1 aromatic heterocycles. The number of pyridine rings is 1. The van der Waals surface area contributed by atoms with Gasteiger partial charge < -0.3 is 10.5 Å². The molecule has 88 valence electrons. The lowest BCUT2D eigenvalue weighted by Crippen LogP contribution is -2.23. The highest BCUT2D eigenvalue weighted by molar-refractivity contribution is 5.84. The number of carbonyl (C=O) groups is 1. The number of fused-ring (bicyclic) bond motifs is 1. The highest BCUT2D eigenvalue weighted by Crippen LogP contribution is 2.19. The summed E-state index contributed by atoms with van der Waals surface area (Å²) in [6, 6.07) is 6.77. The second-order valence-corrected chi connectivity index (χ2v) is 3.71. The zero-order valence-electron chi connectivity index (χ0n) is 9.59. The molecule has 17 heavy (non-hydrogen) atoms. The number of nitrogens with two attached hydrogens (primary N) is 1. The third-order valence-electron chi connectivity index (χ3n) is 2.56. The topological polar surface area (TPSA) is 65.2 Å². The van der Waals surface area contributed by atoms with E-state index in [0.29, 0.717) is 6.61 Å². The van der Waals surface area contributed by atoms with E-state index in [9.17, 15) is 4.79 Å². The van der Waals surface area contributed by atoms with E-state index in [-0.39, 0.29) is 0 Å². The first-order valence-corrected chi connectivity index (χ1v) is 5.48. The number of hydrogen-bond acceptors (Lipinski definition) is 4. The SMILES string of the molecule is CCOC(=O)C(N)c1ccc2cnccc2c1. The Labute approximate surface area is 99.4 Å². The van der Waals surface area contributed by atoms with E-state index in [1.165, 1.54) is 0 Å². The van der Waals surface area contributed by atoms with E-state index >= 15 is 0 Å². The molecule has 1 aromatic carbocycles. The van der Waals surface area contributed by atoms with Gasteiger partial charge in [0.15, 0.2) is 0 Å². The van der Waals surface area contributed by atoms with E-state index in [2.05, 4.69) is 4.98 Å². The first-order valence-electron chi connectivity index (χ1n) is 5.48. The summed E-state index contributed by atoms with van der Waals surface area (Å²) < 4.78 is 4.89. The van der Waals surface area contributed by atoms with E-state index in [4.69, 9.17) is 10.5 Å². The van der Waals surface area contributed by atoms with Gasteiger partial charge in [-0.25, -0.2) is 4.79 Å². The van der Waals surface area contributed by atoms with E-state index < -0.39 is 12.0 Å². The number of nitrogens with zero attached hydrogens (tertiary/aromatic N) is 1. The molecule has 2 N–H and O–H groups in total. The lowest BCUT2D eigenvalue weighted by molar-refractivity contribution is -0.144. The molecule has 0 spiro atoms. The van der Waals surface area contributed by atoms with Crippen molar-refractivity contribution >= 4 is 16.7 Å². The lowest BCUT2D eigenvalue weighted by Gasteiger charge is -2.11. The summed E-state index contributed by atoms with van der Waals surface area (Å²) in [5.74, 6) is -0.402. The maximum atomic E-state index is 11.5. The largest absolute Gasteiger partial charge is 0.465 e. The fourth-order valence-corrected chi connectivity index (χ4v) is 1.66. The van der Waals surface area contributed by atoms with Crippen LogP contribution in [-0.2, 0) is 9.53 Å². The fourth-order valence-electron chi connectivity index (χ4n) is 1.66. The maximum Gasteiger partial charge on any atom is 0.327 e. The monoisotopic (exact) mass is 230 g/mol. The molecule has 1 atom stereocenters. The molecule has 0 saturated carbocycles. The minimum Gasteiger partial charge on any atom is -0.465 e. The highest BCUT2D eigenvalue weighted by atomic mass is 16.5. The van der Waals surface area contributed by atoms with Crippen molar-refractivity contribution in [3.63, 3.8) is 0 Å². The number of ether oxygens (including phenoxy) is 1. The Bertz CT molecular complexity index is 540. The third-order valence-corrected chi connectivity index (χ3v) is 2.56. The van der Waals surface area contributed by atoms with Crippen LogP contribution in [0.1, 0.15) is 18.5 Å². The summed E-state index contributed by atoms with van der Waals surface area (Å²) in [6.45, 7) is 2.10. The zero-order valence-corrected chi connectivity index (χ0v) is 9.59. The van der Waals surface area contributed by atoms with Crippen molar-refractivity contribution < 1.29 is 9.53 Å². The number of hydrogen-bond donors (Lipinski definition) is 1. The van der Waals surface area contributed by atoms with Crippen molar-refractivity contribution in [2.75, 3.05) is 6.61 Å². The summed E-state index contributed by atoms with van der Waals surface area (Å²) >= 11 is 0. The first kappa shape index (κ1) is 11.5. The van der Waals surface area contributed by atoms with Crippen molar-refractivity contribution in [2.24, 2.45) is 5.73 Å². The molecule has 2 rings (SSSR count). The molecule has 1 heterocycles. The van der Waals surface area contributed by atoms with Gasteiger partial charge in [-0.05, 0) is 30.0 Å². The van der Waals surface area contributed by atoms with E-state index in [1.807, 2.05) is 24.3 Å². The normalized spacial score (nSPS) is 12.4. The van der Waals surface area contributed by atoms with Crippen molar-refractivity contribution in [1.82, 2.24) is 4.98 Å². The highest BCUT2D eigenvalue weighted by Gasteiger charge is 2.16. The summed E-state index contributed by atoms with van der Waals surface area (Å²) in [5, 5.41) is 2.03. The van der Waals surface area contributed by atoms with Gasteiger partial charge in [0.2, 0.25) is 0 Å². The molecule has 2 aromatic rings. The second kappa shape index (κ2) is 4.93. The van der Waals surface area contributed by atoms with Crippen LogP contribution in [0.3, 0.4) is 0 Å². The first-order chi connectivity index (χ1) is 8.22. The van der Waals surface area contributed by atoms with Gasteiger partial charge in [-0.1, -0.05) is 12.1 Å². The van der Waals surface area contributed by atoms with Crippen LogP contribution in [0.25, 0.3) is 10.8 Å². The molecule has 0 aliphatic rings. The van der Waals surface area contributed by atoms with Crippen LogP contribution in [-0.4, -0.2) is 17.6 Å². The number of benzene rings is 1. The van der Waals surface area contributed by atoms with Crippen LogP contribution in [0.5, 0.6) is 0 Å². The average molecular weight is 230 g/mol. The zero-order chi connectivity index (χ0) is 12.3. The Morgan fingerprint density at radius 3 is 3.00 bits per heavy atom. The summed E-state index contributed by atoms with van der Waals surface area (Å²) in [4.78, 5) is 15.5. The van der Waals surface area contributed by atoms with Gasteiger partial charge in [0.1, 0.15) is 6.04 Å². The van der Waals surface area contributed by atoms with Crippen LogP contribution >= 0.6 is 0 Å². The Kier molecular flexibility index (Phi) is 3.35. The molecule has 0 fully saturated rings. The van der Waals surface area contributed by atoms with E-state index in [0.717, 1.165) is 16.3 Å². The van der Waals surface area contributed by atoms with Gasteiger partial charge >= 0.3 is 5.97 Å². The van der Waals surface area contributed by atoms with Crippen LogP contribution in [0.4, 0.5) is 0 Å². The van der Waals surface area contributed by atoms with Crippen molar-refractivity contribution in [2.45, 2.75) is 13.0 Å². The average Bonchev–Trinajstić information content (AvgIpc) is 2.37. The van der Waals surface area contributed by atoms with Gasteiger partial charge in [-0.15, -0.1) is 0 Å². The number of rotatable bonds is 3. The molecule has 0 aliphatic carbocycles. The summed E-state index contributed by atoms with van der Waals surface area (Å²) in [6.07, 6.45) is 3.48. The molecule has 1 unspecified atom stereocenters. The standard InChI is InChI=1S/C13H14N2O2/c1-2-17-13(16)12(14)10-3-4-11-8-15-6-5-9(11)7-10/h3-8,12H,2,14H2,1H3. The molecule has 4 heteroatoms. The Morgan fingerprint density at radius 1 is 1.41 bits per heavy atom. The summed E-state index contributed by atoms with van der Waals surface area (Å²) in [7, 11) is 0. The molecule has 0 bridgehead atoms. The predicted octanol–water partition coefficient (Wildman–Crippen LogP) is 1.80. The van der Waals surface area contributed by atoms with Gasteiger partial charge in [-0.2, -0.15) is 0 Å². The van der Waals surface area contributed by atoms with Gasteiger partial charge in [0, 0.05) is 17.8 Å². The minimum absolute atomic E-state index is 0.337. The van der Waals surface area contributed by atoms with Crippen LogP contribution in [0.2, 0.25) is 0 Å². The number of esters is 1. The lowest BCUT2D eigenvalue weighted by atomic mass is 10.0. The predicted molar refractivity (Wildman–Crippen MR) is 65.3 cm³/mol. The van der Waals surface area contributed by atoms with Crippen molar-refractivity contribution in [1.29, 1.82) is 0 Å². The molecule has 0 radical (unpaired) electrons. The van der Waals surface area contributed by atoms with Gasteiger partial charge in [-0.3, -0.25) is 4.98 Å². The second-order valence-electron chi connectivity index (χ2n) is 3.71. The Hall–Kier alpha value is -1.94. The van der Waals surface area contributed by atoms with Gasteiger partial charge in [0.25, 0.3) is 0 Å².